The van der Waals surface area contributed by atoms with Crippen LogP contribution in [0.15, 0.2) is 18.2 Å². The van der Waals surface area contributed by atoms with Gasteiger partial charge < -0.3 is 16.4 Å². The highest BCUT2D eigenvalue weighted by molar-refractivity contribution is 6.31. The minimum atomic E-state index is -0.422. The van der Waals surface area contributed by atoms with Crippen LogP contribution in [0.4, 0.5) is 5.69 Å². The molecule has 0 aromatic heterocycles. The molecule has 0 bridgehead atoms. The highest BCUT2D eigenvalue weighted by atomic mass is 35.5. The second kappa shape index (κ2) is 5.80. The van der Waals surface area contributed by atoms with E-state index in [1.165, 1.54) is 0 Å². The first-order chi connectivity index (χ1) is 8.99. The molecule has 0 radical (unpaired) electrons. The molecule has 0 spiro atoms. The van der Waals surface area contributed by atoms with E-state index in [0.717, 1.165) is 31.6 Å². The molecular formula is C14H20ClN3O. The van der Waals surface area contributed by atoms with Crippen LogP contribution in [0.25, 0.3) is 0 Å². The van der Waals surface area contributed by atoms with E-state index in [1.807, 2.05) is 13.0 Å². The molecule has 2 unspecified atom stereocenters. The molecule has 1 aromatic carbocycles. The van der Waals surface area contributed by atoms with Gasteiger partial charge in [-0.15, -0.1) is 0 Å². The number of hydrogen-bond donors (Lipinski definition) is 2. The Morgan fingerprint density at radius 3 is 2.89 bits per heavy atom. The first-order valence-electron chi connectivity index (χ1n) is 6.59. The van der Waals surface area contributed by atoms with Crippen LogP contribution in [0, 0.1) is 5.92 Å². The molecule has 104 valence electrons. The van der Waals surface area contributed by atoms with Crippen molar-refractivity contribution in [2.45, 2.75) is 25.8 Å². The number of amides is 1. The molecule has 4 N–H and O–H groups in total. The summed E-state index contributed by atoms with van der Waals surface area (Å²) in [4.78, 5) is 13.7. The van der Waals surface area contributed by atoms with E-state index < -0.39 is 5.91 Å². The number of carbonyl (C=O) groups is 1. The Morgan fingerprint density at radius 2 is 2.26 bits per heavy atom. The van der Waals surface area contributed by atoms with Crippen molar-refractivity contribution in [3.8, 4) is 0 Å². The lowest BCUT2D eigenvalue weighted by Gasteiger charge is -2.37. The normalized spacial score (nSPS) is 21.2. The van der Waals surface area contributed by atoms with Crippen molar-refractivity contribution in [3.05, 3.63) is 28.8 Å². The quantitative estimate of drug-likeness (QED) is 0.890. The van der Waals surface area contributed by atoms with Crippen LogP contribution < -0.4 is 16.4 Å². The number of rotatable bonds is 3. The second-order valence-corrected chi connectivity index (χ2v) is 5.67. The van der Waals surface area contributed by atoms with E-state index in [9.17, 15) is 4.79 Å². The van der Waals surface area contributed by atoms with E-state index in [0.29, 0.717) is 16.5 Å². The number of anilines is 1. The molecule has 4 nitrogen and oxygen atoms in total. The number of nitrogens with two attached hydrogens (primary N) is 2. The highest BCUT2D eigenvalue weighted by Crippen LogP contribution is 2.29. The van der Waals surface area contributed by atoms with Gasteiger partial charge in [0.1, 0.15) is 0 Å². The van der Waals surface area contributed by atoms with Gasteiger partial charge >= 0.3 is 0 Å². The van der Waals surface area contributed by atoms with Crippen molar-refractivity contribution < 1.29 is 4.79 Å². The fourth-order valence-electron chi connectivity index (χ4n) is 2.63. The maximum Gasteiger partial charge on any atom is 0.250 e. The van der Waals surface area contributed by atoms with Gasteiger partial charge in [-0.05, 0) is 43.9 Å². The Morgan fingerprint density at radius 1 is 1.53 bits per heavy atom. The summed E-state index contributed by atoms with van der Waals surface area (Å²) in [6, 6.07) is 5.35. The summed E-state index contributed by atoms with van der Waals surface area (Å²) >= 11 is 6.04. The Bertz CT molecular complexity index is 476. The summed E-state index contributed by atoms with van der Waals surface area (Å²) in [6.45, 7) is 3.78. The van der Waals surface area contributed by atoms with Crippen LogP contribution in [0.3, 0.4) is 0 Å². The van der Waals surface area contributed by atoms with Crippen molar-refractivity contribution in [1.29, 1.82) is 0 Å². The maximum absolute atomic E-state index is 11.5. The monoisotopic (exact) mass is 281 g/mol. The molecule has 1 heterocycles. The van der Waals surface area contributed by atoms with Gasteiger partial charge in [0.05, 0.1) is 11.3 Å². The number of carbonyl (C=O) groups excluding carboxylic acids is 1. The third-order valence-corrected chi connectivity index (χ3v) is 4.00. The van der Waals surface area contributed by atoms with Crippen LogP contribution in [-0.4, -0.2) is 25.0 Å². The molecule has 1 aliphatic rings. The summed E-state index contributed by atoms with van der Waals surface area (Å²) in [5.74, 6) is 0.0167. The first kappa shape index (κ1) is 14.2. The first-order valence-corrected chi connectivity index (χ1v) is 6.96. The largest absolute Gasteiger partial charge is 0.371 e. The molecule has 1 saturated heterocycles. The molecule has 0 aliphatic carbocycles. The molecular weight excluding hydrogens is 262 g/mol. The van der Waals surface area contributed by atoms with Crippen molar-refractivity contribution in [1.82, 2.24) is 0 Å². The minimum Gasteiger partial charge on any atom is -0.371 e. The van der Waals surface area contributed by atoms with E-state index in [4.69, 9.17) is 23.1 Å². The lowest BCUT2D eigenvalue weighted by Crippen LogP contribution is -2.43. The van der Waals surface area contributed by atoms with Crippen molar-refractivity contribution in [2.75, 3.05) is 18.0 Å². The van der Waals surface area contributed by atoms with Gasteiger partial charge in [0.15, 0.2) is 0 Å². The number of hydrogen-bond acceptors (Lipinski definition) is 3. The van der Waals surface area contributed by atoms with Crippen LogP contribution >= 0.6 is 11.6 Å². The van der Waals surface area contributed by atoms with Crippen LogP contribution in [0.2, 0.25) is 5.02 Å². The van der Waals surface area contributed by atoms with Gasteiger partial charge in [0, 0.05) is 24.2 Å². The van der Waals surface area contributed by atoms with Crippen LogP contribution in [-0.2, 0) is 0 Å². The topological polar surface area (TPSA) is 72.3 Å². The zero-order valence-corrected chi connectivity index (χ0v) is 11.9. The van der Waals surface area contributed by atoms with Crippen molar-refractivity contribution in [3.63, 3.8) is 0 Å². The van der Waals surface area contributed by atoms with E-state index in [2.05, 4.69) is 4.90 Å². The van der Waals surface area contributed by atoms with Gasteiger partial charge in [-0.3, -0.25) is 4.79 Å². The third kappa shape index (κ3) is 3.19. The average Bonchev–Trinajstić information content (AvgIpc) is 2.38. The van der Waals surface area contributed by atoms with Gasteiger partial charge in [-0.2, -0.15) is 0 Å². The number of primary amides is 1. The Balaban J connectivity index is 2.30. The number of piperidine rings is 1. The summed E-state index contributed by atoms with van der Waals surface area (Å²) < 4.78 is 0. The molecule has 2 atom stereocenters. The lowest BCUT2D eigenvalue weighted by atomic mass is 9.91. The van der Waals surface area contributed by atoms with E-state index >= 15 is 0 Å². The molecule has 1 aliphatic heterocycles. The van der Waals surface area contributed by atoms with Gasteiger partial charge in [-0.25, -0.2) is 0 Å². The maximum atomic E-state index is 11.5. The summed E-state index contributed by atoms with van der Waals surface area (Å²) in [6.07, 6.45) is 2.19. The average molecular weight is 282 g/mol. The Hall–Kier alpha value is -1.26. The van der Waals surface area contributed by atoms with Gasteiger partial charge in [0.25, 0.3) is 5.91 Å². The fraction of sp³-hybridized carbons (Fsp3) is 0.500. The molecule has 19 heavy (non-hydrogen) atoms. The van der Waals surface area contributed by atoms with E-state index in [1.54, 1.807) is 12.1 Å². The highest BCUT2D eigenvalue weighted by Gasteiger charge is 2.25. The number of nitrogens with zero attached hydrogens (tertiary/aromatic N) is 1. The zero-order valence-electron chi connectivity index (χ0n) is 11.1. The molecule has 2 rings (SSSR count). The zero-order chi connectivity index (χ0) is 14.0. The molecule has 1 amide bonds. The second-order valence-electron chi connectivity index (χ2n) is 5.23. The summed E-state index contributed by atoms with van der Waals surface area (Å²) in [5, 5.41) is 0.614. The van der Waals surface area contributed by atoms with E-state index in [-0.39, 0.29) is 6.04 Å². The minimum absolute atomic E-state index is 0.152. The Kier molecular flexibility index (Phi) is 4.32. The Labute approximate surface area is 118 Å². The predicted molar refractivity (Wildman–Crippen MR) is 78.6 cm³/mol. The number of halogens is 1. The summed E-state index contributed by atoms with van der Waals surface area (Å²) in [5.41, 5.74) is 12.8. The smallest absolute Gasteiger partial charge is 0.250 e. The molecule has 0 saturated carbocycles. The van der Waals surface area contributed by atoms with Crippen LogP contribution in [0.5, 0.6) is 0 Å². The predicted octanol–water partition coefficient (Wildman–Crippen LogP) is 2.00. The SMILES string of the molecule is CC(N)C1CCCN(c2cc(Cl)ccc2C(N)=O)C1. The lowest BCUT2D eigenvalue weighted by molar-refractivity contribution is 0.100. The fourth-order valence-corrected chi connectivity index (χ4v) is 2.80. The van der Waals surface area contributed by atoms with Gasteiger partial charge in [0.2, 0.25) is 0 Å². The number of benzene rings is 1. The third-order valence-electron chi connectivity index (χ3n) is 3.77. The standard InChI is InChI=1S/C14H20ClN3O/c1-9(16)10-3-2-6-18(8-10)13-7-11(15)4-5-12(13)14(17)19/h4-5,7,9-10H,2-3,6,8,16H2,1H3,(H2,17,19). The summed E-state index contributed by atoms with van der Waals surface area (Å²) in [7, 11) is 0. The molecule has 1 fully saturated rings. The van der Waals surface area contributed by atoms with Crippen molar-refractivity contribution in [2.24, 2.45) is 17.4 Å². The molecule has 5 heteroatoms. The molecule has 1 aromatic rings. The van der Waals surface area contributed by atoms with Gasteiger partial charge in [-0.1, -0.05) is 11.6 Å². The van der Waals surface area contributed by atoms with Crippen LogP contribution in [0.1, 0.15) is 30.1 Å². The van der Waals surface area contributed by atoms with Crippen molar-refractivity contribution >= 4 is 23.2 Å².